The van der Waals surface area contributed by atoms with Gasteiger partial charge in [0.1, 0.15) is 23.1 Å². The molecule has 1 aromatic heterocycles. The molecule has 0 saturated carbocycles. The second-order valence-corrected chi connectivity index (χ2v) is 11.0. The lowest BCUT2D eigenvalue weighted by Gasteiger charge is -2.39. The topological polar surface area (TPSA) is 80.9 Å². The lowest BCUT2D eigenvalue weighted by Crippen LogP contribution is -2.45. The first kappa shape index (κ1) is 26.8. The van der Waals surface area contributed by atoms with Crippen LogP contribution in [-0.2, 0) is 9.53 Å². The van der Waals surface area contributed by atoms with Crippen molar-refractivity contribution >= 4 is 28.6 Å². The summed E-state index contributed by atoms with van der Waals surface area (Å²) in [4.78, 5) is 11.6. The van der Waals surface area contributed by atoms with Crippen LogP contribution >= 0.6 is 0 Å². The number of ether oxygens (including phenoxy) is 2. The second-order valence-electron chi connectivity index (χ2n) is 11.0. The van der Waals surface area contributed by atoms with E-state index in [1.165, 1.54) is 12.1 Å². The zero-order chi connectivity index (χ0) is 27.7. The number of aliphatic hydroxyl groups excluding tert-OH is 1. The lowest BCUT2D eigenvalue weighted by molar-refractivity contribution is -0.156. The fourth-order valence-corrected chi connectivity index (χ4v) is 5.32. The van der Waals surface area contributed by atoms with E-state index in [4.69, 9.17) is 13.9 Å². The van der Waals surface area contributed by atoms with E-state index in [0.717, 1.165) is 27.7 Å². The standard InChI is InChI=1S/C32H34FNO5/c1-19(2)31-30(26(13-14-34-31)21-7-9-23(33)10-8-21)32(3,4)39-29-16-22-15-20(6-12-27(22)38-29)5-11-25-17-24(35)18-28(36)37-25/h5-16,19,24-25,31,34-35H,17-18H2,1-4H3/b11-5+. The highest BCUT2D eigenvalue weighted by Gasteiger charge is 2.37. The van der Waals surface area contributed by atoms with Crippen molar-refractivity contribution in [1.82, 2.24) is 5.32 Å². The summed E-state index contributed by atoms with van der Waals surface area (Å²) in [6.45, 7) is 8.34. The monoisotopic (exact) mass is 531 g/mol. The van der Waals surface area contributed by atoms with Crippen LogP contribution in [0.1, 0.15) is 51.7 Å². The molecule has 0 aliphatic carbocycles. The summed E-state index contributed by atoms with van der Waals surface area (Å²) in [5, 5.41) is 14.2. The fraction of sp³-hybridized carbons (Fsp3) is 0.344. The number of hydrogen-bond donors (Lipinski definition) is 2. The maximum atomic E-state index is 13.7. The van der Waals surface area contributed by atoms with E-state index in [-0.39, 0.29) is 30.2 Å². The summed E-state index contributed by atoms with van der Waals surface area (Å²) in [5.41, 5.74) is 3.82. The molecule has 7 heteroatoms. The molecular weight excluding hydrogens is 497 g/mol. The SMILES string of the molecule is CC(C)C1NC=CC(c2ccc(F)cc2)=C1C(C)(C)Oc1cc2cc(/C=C/C3CC(O)CC(=O)O3)ccc2o1. The minimum atomic E-state index is -0.751. The Kier molecular flexibility index (Phi) is 7.36. The molecule has 39 heavy (non-hydrogen) atoms. The molecule has 2 aromatic carbocycles. The molecule has 6 nitrogen and oxygen atoms in total. The van der Waals surface area contributed by atoms with Crippen LogP contribution in [0.5, 0.6) is 5.95 Å². The summed E-state index contributed by atoms with van der Waals surface area (Å²) in [7, 11) is 0. The molecule has 3 heterocycles. The minimum absolute atomic E-state index is 0.0126. The van der Waals surface area contributed by atoms with Crippen LogP contribution in [0, 0.1) is 11.7 Å². The first-order valence-electron chi connectivity index (χ1n) is 13.3. The quantitative estimate of drug-likeness (QED) is 0.343. The van der Waals surface area contributed by atoms with Gasteiger partial charge in [0.15, 0.2) is 0 Å². The van der Waals surface area contributed by atoms with Crippen molar-refractivity contribution in [2.75, 3.05) is 0 Å². The number of rotatable bonds is 7. The summed E-state index contributed by atoms with van der Waals surface area (Å²) in [6, 6.07) is 14.2. The molecule has 204 valence electrons. The number of carbonyl (C=O) groups excluding carboxylic acids is 1. The first-order valence-corrected chi connectivity index (χ1v) is 13.3. The Morgan fingerprint density at radius 3 is 2.64 bits per heavy atom. The third-order valence-corrected chi connectivity index (χ3v) is 7.16. The van der Waals surface area contributed by atoms with E-state index in [0.29, 0.717) is 18.0 Å². The van der Waals surface area contributed by atoms with Crippen molar-refractivity contribution in [3.63, 3.8) is 0 Å². The van der Waals surface area contributed by atoms with Crippen LogP contribution < -0.4 is 10.1 Å². The number of nitrogens with one attached hydrogen (secondary N) is 1. The van der Waals surface area contributed by atoms with Gasteiger partial charge in [-0.05, 0) is 79.1 Å². The van der Waals surface area contributed by atoms with Gasteiger partial charge in [0.05, 0.1) is 18.6 Å². The number of allylic oxidation sites excluding steroid dienone is 2. The normalized spacial score (nSPS) is 22.0. The number of benzene rings is 2. The number of fused-ring (bicyclic) bond motifs is 1. The molecule has 3 atom stereocenters. The highest BCUT2D eigenvalue weighted by atomic mass is 19.1. The van der Waals surface area contributed by atoms with Crippen molar-refractivity contribution < 1.29 is 28.2 Å². The van der Waals surface area contributed by atoms with Gasteiger partial charge in [0.25, 0.3) is 5.95 Å². The molecule has 0 spiro atoms. The van der Waals surface area contributed by atoms with Crippen molar-refractivity contribution in [3.05, 3.63) is 89.4 Å². The van der Waals surface area contributed by atoms with Crippen LogP contribution in [0.25, 0.3) is 22.6 Å². The smallest absolute Gasteiger partial charge is 0.309 e. The second kappa shape index (κ2) is 10.7. The molecule has 0 amide bonds. The van der Waals surface area contributed by atoms with Gasteiger partial charge in [0, 0.05) is 23.4 Å². The zero-order valence-electron chi connectivity index (χ0n) is 22.6. The van der Waals surface area contributed by atoms with Gasteiger partial charge in [-0.15, -0.1) is 0 Å². The Labute approximate surface area is 227 Å². The maximum Gasteiger partial charge on any atom is 0.309 e. The Hall–Kier alpha value is -3.84. The highest BCUT2D eigenvalue weighted by Crippen LogP contribution is 2.39. The molecule has 2 aliphatic heterocycles. The van der Waals surface area contributed by atoms with Crippen LogP contribution in [0.4, 0.5) is 4.39 Å². The van der Waals surface area contributed by atoms with Gasteiger partial charge in [-0.25, -0.2) is 4.39 Å². The van der Waals surface area contributed by atoms with Gasteiger partial charge in [-0.1, -0.05) is 38.1 Å². The number of dihydropyridines is 1. The van der Waals surface area contributed by atoms with Gasteiger partial charge < -0.3 is 24.3 Å². The average Bonchev–Trinajstić information content (AvgIpc) is 3.27. The summed E-state index contributed by atoms with van der Waals surface area (Å²) >= 11 is 0. The number of esters is 1. The predicted molar refractivity (Wildman–Crippen MR) is 149 cm³/mol. The van der Waals surface area contributed by atoms with Crippen molar-refractivity contribution in [2.24, 2.45) is 5.92 Å². The minimum Gasteiger partial charge on any atom is -0.458 e. The van der Waals surface area contributed by atoms with Crippen molar-refractivity contribution in [3.8, 4) is 5.95 Å². The lowest BCUT2D eigenvalue weighted by atomic mass is 9.79. The Morgan fingerprint density at radius 1 is 1.15 bits per heavy atom. The summed E-state index contributed by atoms with van der Waals surface area (Å²) in [6.07, 6.45) is 6.92. The van der Waals surface area contributed by atoms with Crippen LogP contribution in [0.15, 0.2) is 76.9 Å². The number of hydrogen-bond acceptors (Lipinski definition) is 6. The Morgan fingerprint density at radius 2 is 1.92 bits per heavy atom. The van der Waals surface area contributed by atoms with Crippen molar-refractivity contribution in [1.29, 1.82) is 0 Å². The average molecular weight is 532 g/mol. The molecule has 2 aliphatic rings. The largest absolute Gasteiger partial charge is 0.458 e. The highest BCUT2D eigenvalue weighted by molar-refractivity contribution is 5.82. The van der Waals surface area contributed by atoms with E-state index in [9.17, 15) is 14.3 Å². The van der Waals surface area contributed by atoms with Crippen LogP contribution in [0.3, 0.4) is 0 Å². The molecule has 5 rings (SSSR count). The van der Waals surface area contributed by atoms with Crippen molar-refractivity contribution in [2.45, 2.75) is 64.4 Å². The van der Waals surface area contributed by atoms with Crippen LogP contribution in [-0.4, -0.2) is 34.9 Å². The summed E-state index contributed by atoms with van der Waals surface area (Å²) < 4.78 is 31.6. The third-order valence-electron chi connectivity index (χ3n) is 7.16. The number of halogens is 1. The number of carbonyl (C=O) groups is 1. The molecule has 0 radical (unpaired) electrons. The van der Waals surface area contributed by atoms with E-state index < -0.39 is 17.8 Å². The molecular formula is C32H34FNO5. The molecule has 0 bridgehead atoms. The van der Waals surface area contributed by atoms with Gasteiger partial charge >= 0.3 is 5.97 Å². The molecule has 1 fully saturated rings. The Balaban J connectivity index is 1.42. The van der Waals surface area contributed by atoms with E-state index in [1.807, 2.05) is 56.5 Å². The summed E-state index contributed by atoms with van der Waals surface area (Å²) in [5.74, 6) is 0.00375. The number of aliphatic hydroxyl groups is 1. The molecule has 1 saturated heterocycles. The zero-order valence-corrected chi connectivity index (χ0v) is 22.6. The van der Waals surface area contributed by atoms with Gasteiger partial charge in [0.2, 0.25) is 0 Å². The van der Waals surface area contributed by atoms with Gasteiger partial charge in [-0.3, -0.25) is 4.79 Å². The predicted octanol–water partition coefficient (Wildman–Crippen LogP) is 6.40. The third kappa shape index (κ3) is 5.93. The molecule has 2 N–H and O–H groups in total. The van der Waals surface area contributed by atoms with E-state index in [2.05, 4.69) is 19.2 Å². The van der Waals surface area contributed by atoms with Gasteiger partial charge in [-0.2, -0.15) is 0 Å². The molecule has 3 aromatic rings. The van der Waals surface area contributed by atoms with Crippen LogP contribution in [0.2, 0.25) is 0 Å². The number of cyclic esters (lactones) is 1. The molecule has 3 unspecified atom stereocenters. The Bertz CT molecular complexity index is 1450. The van der Waals surface area contributed by atoms with E-state index >= 15 is 0 Å². The maximum absolute atomic E-state index is 13.7. The first-order chi connectivity index (χ1) is 18.6. The number of furan rings is 1. The fourth-order valence-electron chi connectivity index (χ4n) is 5.32. The van der Waals surface area contributed by atoms with E-state index in [1.54, 1.807) is 18.2 Å².